The molecule has 0 fully saturated rings. The fourth-order valence-electron chi connectivity index (χ4n) is 2.73. The van der Waals surface area contributed by atoms with Crippen LogP contribution in [0.2, 0.25) is 0 Å². The molecule has 3 nitrogen and oxygen atoms in total. The maximum Gasteiger partial charge on any atom is 0.263 e. The van der Waals surface area contributed by atoms with E-state index >= 15 is 0 Å². The topological polar surface area (TPSA) is 34.9 Å². The number of rotatable bonds is 3. The number of hydrogen-bond donors (Lipinski definition) is 0. The molecule has 124 valence electrons. The predicted molar refractivity (Wildman–Crippen MR) is 103 cm³/mol. The number of fused-ring (bicyclic) bond motifs is 1. The van der Waals surface area contributed by atoms with Crippen molar-refractivity contribution >= 4 is 37.5 Å². The van der Waals surface area contributed by atoms with Crippen LogP contribution in [0, 0.1) is 5.82 Å². The lowest BCUT2D eigenvalue weighted by atomic mass is 10.1. The molecule has 2 heterocycles. The highest BCUT2D eigenvalue weighted by Crippen LogP contribution is 2.30. The first-order valence-electron chi connectivity index (χ1n) is 7.59. The molecule has 0 unspecified atom stereocenters. The molecule has 0 aliphatic carbocycles. The molecule has 0 bridgehead atoms. The van der Waals surface area contributed by atoms with Crippen molar-refractivity contribution in [3.63, 3.8) is 0 Å². The lowest BCUT2D eigenvalue weighted by Gasteiger charge is -2.08. The Bertz CT molecular complexity index is 1120. The standard InChI is InChI=1S/C19H12BrFN2OS/c20-16-4-2-1-3-13(16)9-23-11-22-18-17(19(23)24)15(10-25-18)12-5-7-14(21)8-6-12/h1-8,10-11H,9H2. The van der Waals surface area contributed by atoms with Crippen LogP contribution in [0.3, 0.4) is 0 Å². The molecule has 0 amide bonds. The summed E-state index contributed by atoms with van der Waals surface area (Å²) in [5.41, 5.74) is 2.51. The maximum absolute atomic E-state index is 13.2. The zero-order valence-corrected chi connectivity index (χ0v) is 15.3. The van der Waals surface area contributed by atoms with Gasteiger partial charge in [-0.3, -0.25) is 9.36 Å². The summed E-state index contributed by atoms with van der Waals surface area (Å²) in [5, 5.41) is 2.47. The Balaban J connectivity index is 1.85. The van der Waals surface area contributed by atoms with E-state index in [9.17, 15) is 9.18 Å². The second kappa shape index (κ2) is 6.54. The summed E-state index contributed by atoms with van der Waals surface area (Å²) in [7, 11) is 0. The Morgan fingerprint density at radius 1 is 1.12 bits per heavy atom. The molecule has 6 heteroatoms. The number of hydrogen-bond acceptors (Lipinski definition) is 3. The summed E-state index contributed by atoms with van der Waals surface area (Å²) in [6.07, 6.45) is 1.58. The minimum Gasteiger partial charge on any atom is -0.294 e. The van der Waals surface area contributed by atoms with E-state index in [0.717, 1.165) is 21.2 Å². The molecule has 2 aromatic heterocycles. The van der Waals surface area contributed by atoms with E-state index in [0.29, 0.717) is 16.8 Å². The smallest absolute Gasteiger partial charge is 0.263 e. The van der Waals surface area contributed by atoms with E-state index in [2.05, 4.69) is 20.9 Å². The first-order chi connectivity index (χ1) is 12.1. The van der Waals surface area contributed by atoms with Crippen LogP contribution < -0.4 is 5.56 Å². The van der Waals surface area contributed by atoms with E-state index in [1.807, 2.05) is 29.6 Å². The van der Waals surface area contributed by atoms with Gasteiger partial charge in [-0.1, -0.05) is 46.3 Å². The zero-order valence-electron chi connectivity index (χ0n) is 12.9. The Kier molecular flexibility index (Phi) is 4.23. The molecule has 2 aromatic carbocycles. The van der Waals surface area contributed by atoms with Gasteiger partial charge in [0, 0.05) is 15.4 Å². The number of nitrogens with zero attached hydrogens (tertiary/aromatic N) is 2. The SMILES string of the molecule is O=c1c2c(-c3ccc(F)cc3)csc2ncn1Cc1ccccc1Br. The van der Waals surface area contributed by atoms with Crippen molar-refractivity contribution in [1.29, 1.82) is 0 Å². The van der Waals surface area contributed by atoms with Gasteiger partial charge in [0.15, 0.2) is 0 Å². The van der Waals surface area contributed by atoms with E-state index in [-0.39, 0.29) is 11.4 Å². The third-order valence-corrected chi connectivity index (χ3v) is 5.67. The Morgan fingerprint density at radius 3 is 2.64 bits per heavy atom. The highest BCUT2D eigenvalue weighted by molar-refractivity contribution is 9.10. The van der Waals surface area contributed by atoms with Crippen LogP contribution in [0.25, 0.3) is 21.3 Å². The van der Waals surface area contributed by atoms with Gasteiger partial charge >= 0.3 is 0 Å². The van der Waals surface area contributed by atoms with Crippen LogP contribution >= 0.6 is 27.3 Å². The zero-order chi connectivity index (χ0) is 17.4. The van der Waals surface area contributed by atoms with Gasteiger partial charge in [0.1, 0.15) is 10.6 Å². The van der Waals surface area contributed by atoms with Crippen molar-refractivity contribution in [2.24, 2.45) is 0 Å². The van der Waals surface area contributed by atoms with E-state index in [1.165, 1.54) is 23.5 Å². The van der Waals surface area contributed by atoms with Crippen LogP contribution in [0.15, 0.2) is 69.5 Å². The molecular formula is C19H12BrFN2OS. The minimum absolute atomic E-state index is 0.0960. The van der Waals surface area contributed by atoms with Gasteiger partial charge in [-0.15, -0.1) is 11.3 Å². The second-order valence-corrected chi connectivity index (χ2v) is 7.32. The second-order valence-electron chi connectivity index (χ2n) is 5.61. The highest BCUT2D eigenvalue weighted by Gasteiger charge is 2.14. The first-order valence-corrected chi connectivity index (χ1v) is 9.27. The molecular weight excluding hydrogens is 403 g/mol. The molecule has 25 heavy (non-hydrogen) atoms. The average molecular weight is 415 g/mol. The van der Waals surface area contributed by atoms with Crippen molar-refractivity contribution in [2.45, 2.75) is 6.54 Å². The van der Waals surface area contributed by atoms with Gasteiger partial charge in [0.2, 0.25) is 0 Å². The van der Waals surface area contributed by atoms with Crippen LogP contribution in [0.4, 0.5) is 4.39 Å². The summed E-state index contributed by atoms with van der Waals surface area (Å²) in [5.74, 6) is -0.298. The van der Waals surface area contributed by atoms with E-state index in [4.69, 9.17) is 0 Å². The van der Waals surface area contributed by atoms with Crippen molar-refractivity contribution in [3.8, 4) is 11.1 Å². The van der Waals surface area contributed by atoms with Gasteiger partial charge in [0.25, 0.3) is 5.56 Å². The normalized spacial score (nSPS) is 11.1. The Labute approximate surface area is 155 Å². The lowest BCUT2D eigenvalue weighted by molar-refractivity contribution is 0.628. The molecule has 0 atom stereocenters. The molecule has 0 spiro atoms. The van der Waals surface area contributed by atoms with Gasteiger partial charge in [0.05, 0.1) is 18.3 Å². The summed E-state index contributed by atoms with van der Waals surface area (Å²) < 4.78 is 15.7. The van der Waals surface area contributed by atoms with Gasteiger partial charge in [-0.05, 0) is 29.3 Å². The van der Waals surface area contributed by atoms with Crippen molar-refractivity contribution in [3.05, 3.63) is 86.4 Å². The third-order valence-electron chi connectivity index (χ3n) is 4.01. The van der Waals surface area contributed by atoms with Crippen molar-refractivity contribution < 1.29 is 4.39 Å². The van der Waals surface area contributed by atoms with Crippen LogP contribution in [-0.2, 0) is 6.54 Å². The van der Waals surface area contributed by atoms with Crippen LogP contribution in [0.1, 0.15) is 5.56 Å². The number of aromatic nitrogens is 2. The monoisotopic (exact) mass is 414 g/mol. The molecule has 0 aliphatic rings. The first kappa shape index (κ1) is 16.2. The quantitative estimate of drug-likeness (QED) is 0.468. The number of benzene rings is 2. The molecule has 4 aromatic rings. The number of halogens is 2. The molecule has 4 rings (SSSR count). The Hall–Kier alpha value is -2.31. The van der Waals surface area contributed by atoms with E-state index in [1.54, 1.807) is 23.0 Å². The van der Waals surface area contributed by atoms with E-state index < -0.39 is 0 Å². The largest absolute Gasteiger partial charge is 0.294 e. The third kappa shape index (κ3) is 3.03. The van der Waals surface area contributed by atoms with Gasteiger partial charge in [-0.2, -0.15) is 0 Å². The van der Waals surface area contributed by atoms with Gasteiger partial charge < -0.3 is 0 Å². The highest BCUT2D eigenvalue weighted by atomic mass is 79.9. The maximum atomic E-state index is 13.2. The molecule has 0 saturated carbocycles. The minimum atomic E-state index is -0.298. The Morgan fingerprint density at radius 2 is 1.88 bits per heavy atom. The van der Waals surface area contributed by atoms with Crippen LogP contribution in [0.5, 0.6) is 0 Å². The fraction of sp³-hybridized carbons (Fsp3) is 0.0526. The van der Waals surface area contributed by atoms with Crippen LogP contribution in [-0.4, -0.2) is 9.55 Å². The summed E-state index contributed by atoms with van der Waals surface area (Å²) in [6, 6.07) is 13.9. The summed E-state index contributed by atoms with van der Waals surface area (Å²) in [6.45, 7) is 0.432. The predicted octanol–water partition coefficient (Wildman–Crippen LogP) is 5.07. The molecule has 0 saturated heterocycles. The van der Waals surface area contributed by atoms with Gasteiger partial charge in [-0.25, -0.2) is 9.37 Å². The average Bonchev–Trinajstić information content (AvgIpc) is 3.05. The lowest BCUT2D eigenvalue weighted by Crippen LogP contribution is -2.21. The van der Waals surface area contributed by atoms with Crippen molar-refractivity contribution in [2.75, 3.05) is 0 Å². The summed E-state index contributed by atoms with van der Waals surface area (Å²) in [4.78, 5) is 18.1. The molecule has 0 aliphatic heterocycles. The molecule has 0 N–H and O–H groups in total. The van der Waals surface area contributed by atoms with Crippen molar-refractivity contribution in [1.82, 2.24) is 9.55 Å². The molecule has 0 radical (unpaired) electrons. The number of thiophene rings is 1. The fourth-order valence-corrected chi connectivity index (χ4v) is 4.05. The summed E-state index contributed by atoms with van der Waals surface area (Å²) >= 11 is 4.93.